The number of hydrogen-bond acceptors (Lipinski definition) is 4. The van der Waals surface area contributed by atoms with Crippen LogP contribution in [0.25, 0.3) is 0 Å². The Balaban J connectivity index is 4.13. The average Bonchev–Trinajstić information content (AvgIpc) is 2.53. The molecule has 156 valence electrons. The average molecular weight is 386 g/mol. The summed E-state index contributed by atoms with van der Waals surface area (Å²) in [7, 11) is 0. The van der Waals surface area contributed by atoms with Crippen molar-refractivity contribution >= 4 is 17.9 Å². The van der Waals surface area contributed by atoms with Crippen molar-refractivity contribution in [1.29, 1.82) is 0 Å². The number of carboxylic acid groups (broad SMARTS) is 3. The van der Waals surface area contributed by atoms with Crippen molar-refractivity contribution in [2.75, 3.05) is 26.2 Å². The van der Waals surface area contributed by atoms with E-state index in [1.807, 2.05) is 0 Å². The molecule has 0 bridgehead atoms. The molecule has 0 fully saturated rings. The Morgan fingerprint density at radius 2 is 1.26 bits per heavy atom. The van der Waals surface area contributed by atoms with Crippen LogP contribution in [0, 0.1) is 0 Å². The fourth-order valence-electron chi connectivity index (χ4n) is 3.25. The molecule has 0 aliphatic carbocycles. The number of hydrogen-bond donors (Lipinski definition) is 2. The van der Waals surface area contributed by atoms with E-state index in [-0.39, 0.29) is 6.54 Å². The Kier molecular flexibility index (Phi) is 14.1. The standard InChI is InChI=1S/C20H35NO6/c1-2-3-4-5-6-7-8-9-10-11-12-13-14-21(15-18(22)23,16-19(24)25)17-20(26)27/h4-5H,2-3,6-17H2,1H3,(H2-,22,23,24,25,26,27)/b5-4+. The first-order valence-corrected chi connectivity index (χ1v) is 9.95. The molecule has 0 heterocycles. The molecule has 0 aromatic heterocycles. The summed E-state index contributed by atoms with van der Waals surface area (Å²) < 4.78 is -0.503. The number of unbranched alkanes of at least 4 members (excludes halogenated alkanes) is 8. The summed E-state index contributed by atoms with van der Waals surface area (Å²) in [6.45, 7) is 0.742. The fraction of sp³-hybridized carbons (Fsp3) is 0.750. The van der Waals surface area contributed by atoms with E-state index in [0.717, 1.165) is 38.5 Å². The van der Waals surface area contributed by atoms with Crippen LogP contribution >= 0.6 is 0 Å². The summed E-state index contributed by atoms with van der Waals surface area (Å²) in [6.07, 6.45) is 14.9. The molecule has 0 aliphatic rings. The van der Waals surface area contributed by atoms with Crippen molar-refractivity contribution < 1.29 is 34.2 Å². The summed E-state index contributed by atoms with van der Waals surface area (Å²) in [5, 5.41) is 29.1. The van der Waals surface area contributed by atoms with E-state index in [2.05, 4.69) is 19.1 Å². The van der Waals surface area contributed by atoms with Gasteiger partial charge >= 0.3 is 11.9 Å². The molecule has 0 aliphatic heterocycles. The number of quaternary nitrogens is 1. The number of carboxylic acids is 3. The van der Waals surface area contributed by atoms with Crippen LogP contribution in [-0.2, 0) is 14.4 Å². The second-order valence-electron chi connectivity index (χ2n) is 7.22. The van der Waals surface area contributed by atoms with Crippen molar-refractivity contribution in [2.24, 2.45) is 0 Å². The SMILES string of the molecule is CCC/C=C/CCCCCCCCC[N+](CC(=O)[O-])(CC(=O)O)CC(=O)O. The molecule has 0 amide bonds. The van der Waals surface area contributed by atoms with Gasteiger partial charge in [0.15, 0.2) is 13.1 Å². The van der Waals surface area contributed by atoms with E-state index in [1.165, 1.54) is 19.3 Å². The summed E-state index contributed by atoms with van der Waals surface area (Å²) in [4.78, 5) is 33.1. The molecular weight excluding hydrogens is 350 g/mol. The molecule has 0 radical (unpaired) electrons. The van der Waals surface area contributed by atoms with Gasteiger partial charge in [-0.25, -0.2) is 9.59 Å². The second kappa shape index (κ2) is 15.2. The Morgan fingerprint density at radius 3 is 1.74 bits per heavy atom. The molecule has 0 saturated carbocycles. The highest BCUT2D eigenvalue weighted by atomic mass is 16.4. The first-order valence-electron chi connectivity index (χ1n) is 9.95. The summed E-state index contributed by atoms with van der Waals surface area (Å²) in [5.41, 5.74) is 0. The Hall–Kier alpha value is -1.89. The van der Waals surface area contributed by atoms with Crippen LogP contribution in [0.5, 0.6) is 0 Å². The van der Waals surface area contributed by atoms with Crippen molar-refractivity contribution in [3.8, 4) is 0 Å². The first-order chi connectivity index (χ1) is 12.8. The number of nitrogens with zero attached hydrogens (tertiary/aromatic N) is 1. The molecule has 2 N–H and O–H groups in total. The van der Waals surface area contributed by atoms with Crippen LogP contribution in [-0.4, -0.2) is 58.8 Å². The lowest BCUT2D eigenvalue weighted by molar-refractivity contribution is -0.909. The Morgan fingerprint density at radius 1 is 0.778 bits per heavy atom. The molecule has 0 atom stereocenters. The van der Waals surface area contributed by atoms with Gasteiger partial charge < -0.3 is 24.6 Å². The maximum Gasteiger partial charge on any atom is 0.359 e. The third kappa shape index (κ3) is 14.9. The van der Waals surface area contributed by atoms with Gasteiger partial charge in [-0.1, -0.05) is 51.2 Å². The summed E-state index contributed by atoms with van der Waals surface area (Å²) in [5.74, 6) is -3.83. The topological polar surface area (TPSA) is 115 Å². The third-order valence-electron chi connectivity index (χ3n) is 4.53. The van der Waals surface area contributed by atoms with Gasteiger partial charge in [0.25, 0.3) is 0 Å². The van der Waals surface area contributed by atoms with E-state index < -0.39 is 42.0 Å². The van der Waals surface area contributed by atoms with Crippen molar-refractivity contribution in [2.45, 2.75) is 71.1 Å². The van der Waals surface area contributed by atoms with Crippen LogP contribution < -0.4 is 5.11 Å². The summed E-state index contributed by atoms with van der Waals surface area (Å²) in [6, 6.07) is 0. The number of carbonyl (C=O) groups excluding carboxylic acids is 1. The molecule has 0 aromatic rings. The number of carbonyl (C=O) groups is 3. The van der Waals surface area contributed by atoms with Crippen LogP contribution in [0.3, 0.4) is 0 Å². The molecule has 0 unspecified atom stereocenters. The highest BCUT2D eigenvalue weighted by molar-refractivity contribution is 5.72. The zero-order valence-electron chi connectivity index (χ0n) is 16.5. The largest absolute Gasteiger partial charge is 0.544 e. The van der Waals surface area contributed by atoms with Crippen LogP contribution in [0.2, 0.25) is 0 Å². The number of aliphatic carboxylic acids is 3. The molecule has 0 aromatic carbocycles. The lowest BCUT2D eigenvalue weighted by atomic mass is 10.1. The Labute approximate surface area is 162 Å². The van der Waals surface area contributed by atoms with Crippen LogP contribution in [0.15, 0.2) is 12.2 Å². The predicted octanol–water partition coefficient (Wildman–Crippen LogP) is 2.20. The zero-order chi connectivity index (χ0) is 20.5. The molecular formula is C20H35NO6. The molecule has 27 heavy (non-hydrogen) atoms. The van der Waals surface area contributed by atoms with Crippen LogP contribution in [0.1, 0.15) is 71.1 Å². The maximum absolute atomic E-state index is 11.1. The van der Waals surface area contributed by atoms with Gasteiger partial charge in [-0.15, -0.1) is 0 Å². The minimum atomic E-state index is -1.43. The highest BCUT2D eigenvalue weighted by Crippen LogP contribution is 2.13. The van der Waals surface area contributed by atoms with Gasteiger partial charge in [0.1, 0.15) is 6.54 Å². The predicted molar refractivity (Wildman–Crippen MR) is 101 cm³/mol. The third-order valence-corrected chi connectivity index (χ3v) is 4.53. The van der Waals surface area contributed by atoms with E-state index >= 15 is 0 Å². The fourth-order valence-corrected chi connectivity index (χ4v) is 3.25. The van der Waals surface area contributed by atoms with Gasteiger partial charge in [0, 0.05) is 0 Å². The van der Waals surface area contributed by atoms with E-state index in [1.54, 1.807) is 0 Å². The Bertz CT molecular complexity index is 434. The normalized spacial score (nSPS) is 11.7. The highest BCUT2D eigenvalue weighted by Gasteiger charge is 2.33. The molecule has 7 nitrogen and oxygen atoms in total. The van der Waals surface area contributed by atoms with Gasteiger partial charge in [0.05, 0.1) is 12.5 Å². The molecule has 7 heteroatoms. The number of rotatable bonds is 18. The van der Waals surface area contributed by atoms with E-state index in [0.29, 0.717) is 6.42 Å². The van der Waals surface area contributed by atoms with Crippen molar-refractivity contribution in [1.82, 2.24) is 0 Å². The quantitative estimate of drug-likeness (QED) is 0.212. The monoisotopic (exact) mass is 385 g/mol. The van der Waals surface area contributed by atoms with Crippen LogP contribution in [0.4, 0.5) is 0 Å². The molecule has 0 saturated heterocycles. The molecule has 0 rings (SSSR count). The minimum Gasteiger partial charge on any atom is -0.544 e. The zero-order valence-corrected chi connectivity index (χ0v) is 16.5. The first kappa shape index (κ1) is 25.1. The van der Waals surface area contributed by atoms with E-state index in [4.69, 9.17) is 10.2 Å². The lowest BCUT2D eigenvalue weighted by Crippen LogP contribution is -2.59. The second-order valence-corrected chi connectivity index (χ2v) is 7.22. The van der Waals surface area contributed by atoms with Crippen molar-refractivity contribution in [3.05, 3.63) is 12.2 Å². The van der Waals surface area contributed by atoms with E-state index in [9.17, 15) is 19.5 Å². The van der Waals surface area contributed by atoms with Gasteiger partial charge in [-0.3, -0.25) is 0 Å². The minimum absolute atomic E-state index is 0.217. The van der Waals surface area contributed by atoms with Crippen molar-refractivity contribution in [3.63, 3.8) is 0 Å². The lowest BCUT2D eigenvalue weighted by Gasteiger charge is -2.36. The maximum atomic E-state index is 11.1. The number of allylic oxidation sites excluding steroid dienone is 2. The molecule has 0 spiro atoms. The van der Waals surface area contributed by atoms with Gasteiger partial charge in [-0.05, 0) is 32.1 Å². The smallest absolute Gasteiger partial charge is 0.359 e. The van der Waals surface area contributed by atoms with Gasteiger partial charge in [-0.2, -0.15) is 0 Å². The summed E-state index contributed by atoms with van der Waals surface area (Å²) >= 11 is 0. The van der Waals surface area contributed by atoms with Gasteiger partial charge in [0.2, 0.25) is 0 Å².